The number of halogens is 1. The van der Waals surface area contributed by atoms with Crippen LogP contribution in [0, 0.1) is 6.92 Å². The molecule has 7 heteroatoms. The van der Waals surface area contributed by atoms with E-state index in [-0.39, 0.29) is 0 Å². The third kappa shape index (κ3) is 3.57. The topological polar surface area (TPSA) is 58.4 Å². The van der Waals surface area contributed by atoms with Gasteiger partial charge in [0, 0.05) is 47.8 Å². The molecule has 136 valence electrons. The smallest absolute Gasteiger partial charge is 0.254 e. The lowest BCUT2D eigenvalue weighted by molar-refractivity contribution is 0.940. The highest BCUT2D eigenvalue weighted by Gasteiger charge is 2.12. The predicted molar refractivity (Wildman–Crippen MR) is 110 cm³/mol. The molecule has 0 aliphatic heterocycles. The molecule has 4 aromatic rings. The van der Waals surface area contributed by atoms with Crippen LogP contribution < -0.4 is 10.2 Å². The number of nitrogens with one attached hydrogen (secondary N) is 1. The van der Waals surface area contributed by atoms with E-state index in [1.54, 1.807) is 4.52 Å². The number of benzene rings is 2. The molecule has 0 unspecified atom stereocenters. The first-order valence-electron chi connectivity index (χ1n) is 8.54. The van der Waals surface area contributed by atoms with Gasteiger partial charge in [0.1, 0.15) is 5.82 Å². The molecule has 0 fully saturated rings. The molecule has 0 saturated heterocycles. The number of aromatic nitrogens is 4. The van der Waals surface area contributed by atoms with E-state index in [4.69, 9.17) is 11.6 Å². The number of hydrogen-bond acceptors (Lipinski definition) is 5. The highest BCUT2D eigenvalue weighted by molar-refractivity contribution is 6.30. The summed E-state index contributed by atoms with van der Waals surface area (Å²) in [5.74, 6) is 1.96. The van der Waals surface area contributed by atoms with E-state index in [2.05, 4.69) is 37.4 Å². The molecule has 0 atom stereocenters. The molecule has 2 aromatic carbocycles. The number of anilines is 3. The quantitative estimate of drug-likeness (QED) is 0.564. The highest BCUT2D eigenvalue weighted by atomic mass is 35.5. The molecule has 1 N–H and O–H groups in total. The molecule has 2 aromatic heterocycles. The van der Waals surface area contributed by atoms with Gasteiger partial charge in [0.25, 0.3) is 5.78 Å². The number of aryl methyl sites for hydroxylation is 1. The summed E-state index contributed by atoms with van der Waals surface area (Å²) in [5, 5.41) is 8.71. The average Bonchev–Trinajstić information content (AvgIpc) is 3.07. The zero-order valence-corrected chi connectivity index (χ0v) is 16.1. The SMILES string of the molecule is Cc1cc(Nc2ccc(N(C)C)cc2)n2nc(-c3ccc(Cl)cc3)nc2n1. The molecule has 0 aliphatic rings. The largest absolute Gasteiger partial charge is 0.378 e. The van der Waals surface area contributed by atoms with Gasteiger partial charge in [-0.2, -0.15) is 9.50 Å². The Balaban J connectivity index is 1.72. The zero-order chi connectivity index (χ0) is 19.0. The summed E-state index contributed by atoms with van der Waals surface area (Å²) in [5.41, 5.74) is 3.87. The van der Waals surface area contributed by atoms with Gasteiger partial charge in [-0.25, -0.2) is 4.98 Å². The van der Waals surface area contributed by atoms with Crippen molar-refractivity contribution in [3.63, 3.8) is 0 Å². The molecular formula is C20H19ClN6. The minimum atomic E-state index is 0.548. The second kappa shape index (κ2) is 6.89. The summed E-state index contributed by atoms with van der Waals surface area (Å²) in [6.45, 7) is 1.94. The molecule has 0 saturated carbocycles. The molecule has 0 amide bonds. The first kappa shape index (κ1) is 17.3. The number of hydrogen-bond donors (Lipinski definition) is 1. The van der Waals surface area contributed by atoms with Crippen LogP contribution in [0.5, 0.6) is 0 Å². The number of fused-ring (bicyclic) bond motifs is 1. The van der Waals surface area contributed by atoms with Crippen LogP contribution in [0.4, 0.5) is 17.2 Å². The predicted octanol–water partition coefficient (Wildman–Crippen LogP) is 4.56. The molecule has 2 heterocycles. The molecule has 27 heavy (non-hydrogen) atoms. The van der Waals surface area contributed by atoms with Crippen molar-refractivity contribution in [2.75, 3.05) is 24.3 Å². The van der Waals surface area contributed by atoms with Gasteiger partial charge in [0.2, 0.25) is 0 Å². The van der Waals surface area contributed by atoms with E-state index < -0.39 is 0 Å². The van der Waals surface area contributed by atoms with E-state index in [1.807, 2.05) is 63.5 Å². The molecule has 0 bridgehead atoms. The van der Waals surface area contributed by atoms with Crippen molar-refractivity contribution in [2.24, 2.45) is 0 Å². The summed E-state index contributed by atoms with van der Waals surface area (Å²) in [6.07, 6.45) is 0. The lowest BCUT2D eigenvalue weighted by Crippen LogP contribution is -2.08. The van der Waals surface area contributed by atoms with Crippen molar-refractivity contribution in [1.82, 2.24) is 19.6 Å². The Kier molecular flexibility index (Phi) is 4.41. The fourth-order valence-corrected chi connectivity index (χ4v) is 2.91. The van der Waals surface area contributed by atoms with Crippen molar-refractivity contribution >= 4 is 34.6 Å². The summed E-state index contributed by atoms with van der Waals surface area (Å²) >= 11 is 5.97. The van der Waals surface area contributed by atoms with Gasteiger partial charge in [0.15, 0.2) is 5.82 Å². The normalized spacial score (nSPS) is 11.0. The Bertz CT molecular complexity index is 1080. The molecule has 0 spiro atoms. The van der Waals surface area contributed by atoms with Gasteiger partial charge in [-0.15, -0.1) is 5.10 Å². The Hall–Kier alpha value is -3.12. The molecular weight excluding hydrogens is 360 g/mol. The van der Waals surface area contributed by atoms with Crippen molar-refractivity contribution in [1.29, 1.82) is 0 Å². The van der Waals surface area contributed by atoms with Gasteiger partial charge in [-0.1, -0.05) is 11.6 Å². The maximum absolute atomic E-state index is 5.97. The van der Waals surface area contributed by atoms with Crippen LogP contribution in [0.15, 0.2) is 54.6 Å². The van der Waals surface area contributed by atoms with Gasteiger partial charge in [-0.3, -0.25) is 0 Å². The third-order valence-corrected chi connectivity index (χ3v) is 4.45. The third-order valence-electron chi connectivity index (χ3n) is 4.20. The van der Waals surface area contributed by atoms with Crippen LogP contribution in [-0.4, -0.2) is 33.7 Å². The van der Waals surface area contributed by atoms with Crippen molar-refractivity contribution in [2.45, 2.75) is 6.92 Å². The zero-order valence-electron chi connectivity index (χ0n) is 15.3. The number of nitrogens with zero attached hydrogens (tertiary/aromatic N) is 5. The van der Waals surface area contributed by atoms with Crippen LogP contribution in [0.2, 0.25) is 5.02 Å². The second-order valence-electron chi connectivity index (χ2n) is 6.50. The van der Waals surface area contributed by atoms with E-state index in [0.29, 0.717) is 16.6 Å². The second-order valence-corrected chi connectivity index (χ2v) is 6.94. The fraction of sp³-hybridized carbons (Fsp3) is 0.150. The first-order chi connectivity index (χ1) is 13.0. The van der Waals surface area contributed by atoms with Gasteiger partial charge in [0.05, 0.1) is 0 Å². The summed E-state index contributed by atoms with van der Waals surface area (Å²) < 4.78 is 1.72. The van der Waals surface area contributed by atoms with E-state index >= 15 is 0 Å². The average molecular weight is 379 g/mol. The Morgan fingerprint density at radius 1 is 0.963 bits per heavy atom. The number of rotatable bonds is 4. The molecule has 4 rings (SSSR count). The minimum Gasteiger partial charge on any atom is -0.378 e. The van der Waals surface area contributed by atoms with Crippen molar-refractivity contribution in [3.05, 3.63) is 65.3 Å². The fourth-order valence-electron chi connectivity index (χ4n) is 2.79. The van der Waals surface area contributed by atoms with Crippen LogP contribution in [-0.2, 0) is 0 Å². The molecule has 0 radical (unpaired) electrons. The Morgan fingerprint density at radius 2 is 1.67 bits per heavy atom. The van der Waals surface area contributed by atoms with Crippen molar-refractivity contribution in [3.8, 4) is 11.4 Å². The maximum atomic E-state index is 5.97. The van der Waals surface area contributed by atoms with E-state index in [1.165, 1.54) is 0 Å². The molecule has 0 aliphatic carbocycles. The summed E-state index contributed by atoms with van der Waals surface area (Å²) in [6, 6.07) is 17.6. The summed E-state index contributed by atoms with van der Waals surface area (Å²) in [7, 11) is 4.04. The lowest BCUT2D eigenvalue weighted by Gasteiger charge is -2.13. The van der Waals surface area contributed by atoms with E-state index in [0.717, 1.165) is 28.5 Å². The first-order valence-corrected chi connectivity index (χ1v) is 8.92. The standard InChI is InChI=1S/C20H19ClN6/c1-13-12-18(23-16-8-10-17(11-9-16)26(2)3)27-20(22-13)24-19(25-27)14-4-6-15(21)7-5-14/h4-12,23H,1-3H3. The van der Waals surface area contributed by atoms with Crippen LogP contribution in [0.1, 0.15) is 5.69 Å². The summed E-state index contributed by atoms with van der Waals surface area (Å²) in [4.78, 5) is 11.1. The lowest BCUT2D eigenvalue weighted by atomic mass is 10.2. The maximum Gasteiger partial charge on any atom is 0.254 e. The van der Waals surface area contributed by atoms with E-state index in [9.17, 15) is 0 Å². The van der Waals surface area contributed by atoms with Crippen LogP contribution in [0.3, 0.4) is 0 Å². The van der Waals surface area contributed by atoms with Crippen LogP contribution >= 0.6 is 11.6 Å². The Labute approximate surface area is 162 Å². The monoisotopic (exact) mass is 378 g/mol. The van der Waals surface area contributed by atoms with Gasteiger partial charge < -0.3 is 10.2 Å². The Morgan fingerprint density at radius 3 is 2.33 bits per heavy atom. The van der Waals surface area contributed by atoms with Crippen LogP contribution in [0.25, 0.3) is 17.2 Å². The highest BCUT2D eigenvalue weighted by Crippen LogP contribution is 2.23. The molecule has 6 nitrogen and oxygen atoms in total. The minimum absolute atomic E-state index is 0.548. The van der Waals surface area contributed by atoms with Gasteiger partial charge in [-0.05, 0) is 55.5 Å². The van der Waals surface area contributed by atoms with Crippen molar-refractivity contribution < 1.29 is 0 Å². The van der Waals surface area contributed by atoms with Gasteiger partial charge >= 0.3 is 0 Å².